The highest BCUT2D eigenvalue weighted by atomic mass is 32.2. The first-order valence-electron chi connectivity index (χ1n) is 5.88. The summed E-state index contributed by atoms with van der Waals surface area (Å²) >= 11 is 0. The lowest BCUT2D eigenvalue weighted by atomic mass is 10.2. The third-order valence-electron chi connectivity index (χ3n) is 2.75. The molecular formula is C13H16N2O3S. The Kier molecular flexibility index (Phi) is 3.73. The first kappa shape index (κ1) is 13.8. The summed E-state index contributed by atoms with van der Waals surface area (Å²) in [6.07, 6.45) is 0. The number of aryl methyl sites for hydroxylation is 3. The van der Waals surface area contributed by atoms with Crippen LogP contribution in [-0.2, 0) is 16.6 Å². The van der Waals surface area contributed by atoms with Gasteiger partial charge in [0.25, 0.3) is 0 Å². The van der Waals surface area contributed by atoms with Gasteiger partial charge < -0.3 is 4.42 Å². The Morgan fingerprint density at radius 3 is 2.32 bits per heavy atom. The highest BCUT2D eigenvalue weighted by Crippen LogP contribution is 2.13. The standard InChI is InChI=1S/C13H16N2O3S/c1-9-4-6-12(7-5-9)19(16,17)14-8-13-10(2)15-11(3)18-13/h4-7,14H,8H2,1-3H3. The number of nitrogens with one attached hydrogen (secondary N) is 1. The fourth-order valence-electron chi connectivity index (χ4n) is 1.70. The maximum Gasteiger partial charge on any atom is 0.240 e. The van der Waals surface area contributed by atoms with E-state index in [-0.39, 0.29) is 11.4 Å². The molecule has 0 unspecified atom stereocenters. The minimum atomic E-state index is -3.52. The van der Waals surface area contributed by atoms with Crippen molar-refractivity contribution in [2.75, 3.05) is 0 Å². The van der Waals surface area contributed by atoms with Crippen LogP contribution in [0.4, 0.5) is 0 Å². The summed E-state index contributed by atoms with van der Waals surface area (Å²) in [5.41, 5.74) is 1.71. The molecule has 0 bridgehead atoms. The van der Waals surface area contributed by atoms with Crippen LogP contribution < -0.4 is 4.72 Å². The lowest BCUT2D eigenvalue weighted by Crippen LogP contribution is -2.23. The number of sulfonamides is 1. The van der Waals surface area contributed by atoms with Crippen molar-refractivity contribution >= 4 is 10.0 Å². The van der Waals surface area contributed by atoms with E-state index in [1.165, 1.54) is 0 Å². The molecule has 0 aliphatic carbocycles. The predicted octanol–water partition coefficient (Wildman–Crippen LogP) is 2.08. The predicted molar refractivity (Wildman–Crippen MR) is 71.2 cm³/mol. The SMILES string of the molecule is Cc1ccc(S(=O)(=O)NCc2oc(C)nc2C)cc1. The van der Waals surface area contributed by atoms with E-state index < -0.39 is 10.0 Å². The summed E-state index contributed by atoms with van der Waals surface area (Å²) in [5, 5.41) is 0. The van der Waals surface area contributed by atoms with Crippen molar-refractivity contribution in [3.63, 3.8) is 0 Å². The number of oxazole rings is 1. The van der Waals surface area contributed by atoms with E-state index in [9.17, 15) is 8.42 Å². The molecule has 1 N–H and O–H groups in total. The van der Waals surface area contributed by atoms with Gasteiger partial charge >= 0.3 is 0 Å². The van der Waals surface area contributed by atoms with Crippen LogP contribution in [0.2, 0.25) is 0 Å². The minimum Gasteiger partial charge on any atom is -0.444 e. The molecule has 1 aromatic heterocycles. The third-order valence-corrected chi connectivity index (χ3v) is 4.17. The number of benzene rings is 1. The highest BCUT2D eigenvalue weighted by molar-refractivity contribution is 7.89. The van der Waals surface area contributed by atoms with E-state index in [1.807, 2.05) is 6.92 Å². The van der Waals surface area contributed by atoms with E-state index in [0.717, 1.165) is 5.56 Å². The molecule has 1 heterocycles. The molecule has 0 aliphatic rings. The average molecular weight is 280 g/mol. The van der Waals surface area contributed by atoms with Crippen molar-refractivity contribution in [1.29, 1.82) is 0 Å². The van der Waals surface area contributed by atoms with Crippen LogP contribution in [0.15, 0.2) is 33.6 Å². The second-order valence-electron chi connectivity index (χ2n) is 4.38. The molecule has 0 saturated heterocycles. The fraction of sp³-hybridized carbons (Fsp3) is 0.308. The maximum absolute atomic E-state index is 12.1. The van der Waals surface area contributed by atoms with Crippen molar-refractivity contribution in [3.05, 3.63) is 47.2 Å². The van der Waals surface area contributed by atoms with Gasteiger partial charge in [0.05, 0.1) is 17.1 Å². The number of hydrogen-bond donors (Lipinski definition) is 1. The summed E-state index contributed by atoms with van der Waals surface area (Å²) in [4.78, 5) is 4.34. The summed E-state index contributed by atoms with van der Waals surface area (Å²) < 4.78 is 32.0. The van der Waals surface area contributed by atoms with Crippen molar-refractivity contribution in [2.45, 2.75) is 32.2 Å². The first-order valence-corrected chi connectivity index (χ1v) is 7.36. The summed E-state index contributed by atoms with van der Waals surface area (Å²) in [6.45, 7) is 5.52. The zero-order valence-electron chi connectivity index (χ0n) is 11.1. The maximum atomic E-state index is 12.1. The second kappa shape index (κ2) is 5.14. The molecule has 5 nitrogen and oxygen atoms in total. The second-order valence-corrected chi connectivity index (χ2v) is 6.15. The van der Waals surface area contributed by atoms with Gasteiger partial charge in [-0.3, -0.25) is 0 Å². The normalized spacial score (nSPS) is 11.7. The Morgan fingerprint density at radius 1 is 1.16 bits per heavy atom. The van der Waals surface area contributed by atoms with E-state index in [0.29, 0.717) is 17.3 Å². The van der Waals surface area contributed by atoms with Crippen LogP contribution in [0, 0.1) is 20.8 Å². The zero-order chi connectivity index (χ0) is 14.0. The van der Waals surface area contributed by atoms with Crippen molar-refractivity contribution in [1.82, 2.24) is 9.71 Å². The minimum absolute atomic E-state index is 0.100. The van der Waals surface area contributed by atoms with Gasteiger partial charge in [0.15, 0.2) is 5.89 Å². The third kappa shape index (κ3) is 3.21. The molecule has 2 rings (SSSR count). The van der Waals surface area contributed by atoms with Crippen LogP contribution in [0.3, 0.4) is 0 Å². The van der Waals surface area contributed by atoms with E-state index in [1.54, 1.807) is 38.1 Å². The Labute approximate surface area is 112 Å². The Bertz CT molecular complexity index is 672. The van der Waals surface area contributed by atoms with Gasteiger partial charge in [0, 0.05) is 6.92 Å². The van der Waals surface area contributed by atoms with Crippen molar-refractivity contribution < 1.29 is 12.8 Å². The Hall–Kier alpha value is -1.66. The number of rotatable bonds is 4. The Balaban J connectivity index is 2.14. The molecule has 0 aliphatic heterocycles. The van der Waals surface area contributed by atoms with Crippen LogP contribution in [0.5, 0.6) is 0 Å². The molecule has 2 aromatic rings. The topological polar surface area (TPSA) is 72.2 Å². The monoisotopic (exact) mass is 280 g/mol. The van der Waals surface area contributed by atoms with Crippen LogP contribution in [-0.4, -0.2) is 13.4 Å². The van der Waals surface area contributed by atoms with E-state index in [2.05, 4.69) is 9.71 Å². The van der Waals surface area contributed by atoms with Crippen LogP contribution in [0.1, 0.15) is 22.9 Å². The molecule has 0 saturated carbocycles. The largest absolute Gasteiger partial charge is 0.444 e. The zero-order valence-corrected chi connectivity index (χ0v) is 11.9. The van der Waals surface area contributed by atoms with Crippen molar-refractivity contribution in [2.24, 2.45) is 0 Å². The number of nitrogens with zero attached hydrogens (tertiary/aromatic N) is 1. The average Bonchev–Trinajstić information content (AvgIpc) is 2.66. The molecule has 0 fully saturated rings. The van der Waals surface area contributed by atoms with Gasteiger partial charge in [0.2, 0.25) is 10.0 Å². The van der Waals surface area contributed by atoms with Crippen LogP contribution >= 0.6 is 0 Å². The molecule has 19 heavy (non-hydrogen) atoms. The van der Waals surface area contributed by atoms with Gasteiger partial charge in [0.1, 0.15) is 5.76 Å². The molecule has 0 spiro atoms. The lowest BCUT2D eigenvalue weighted by molar-refractivity contribution is 0.466. The quantitative estimate of drug-likeness (QED) is 0.930. The van der Waals surface area contributed by atoms with Crippen LogP contribution in [0.25, 0.3) is 0 Å². The van der Waals surface area contributed by atoms with Gasteiger partial charge in [-0.05, 0) is 26.0 Å². The molecule has 1 aromatic carbocycles. The molecule has 0 atom stereocenters. The fourth-order valence-corrected chi connectivity index (χ4v) is 2.68. The molecule has 102 valence electrons. The van der Waals surface area contributed by atoms with Gasteiger partial charge in [-0.25, -0.2) is 18.1 Å². The first-order chi connectivity index (χ1) is 8.88. The summed E-state index contributed by atoms with van der Waals surface area (Å²) in [6, 6.07) is 6.68. The van der Waals surface area contributed by atoms with Crippen molar-refractivity contribution in [3.8, 4) is 0 Å². The number of aromatic nitrogens is 1. The summed E-state index contributed by atoms with van der Waals surface area (Å²) in [5.74, 6) is 1.07. The van der Waals surface area contributed by atoms with E-state index in [4.69, 9.17) is 4.42 Å². The summed E-state index contributed by atoms with van der Waals surface area (Å²) in [7, 11) is -3.52. The highest BCUT2D eigenvalue weighted by Gasteiger charge is 2.15. The van der Waals surface area contributed by atoms with Gasteiger partial charge in [-0.2, -0.15) is 0 Å². The van der Waals surface area contributed by atoms with Gasteiger partial charge in [-0.1, -0.05) is 17.7 Å². The molecular weight excluding hydrogens is 264 g/mol. The van der Waals surface area contributed by atoms with E-state index >= 15 is 0 Å². The smallest absolute Gasteiger partial charge is 0.240 e. The molecule has 0 amide bonds. The number of hydrogen-bond acceptors (Lipinski definition) is 4. The van der Waals surface area contributed by atoms with Gasteiger partial charge in [-0.15, -0.1) is 0 Å². The molecule has 0 radical (unpaired) electrons. The molecule has 6 heteroatoms. The lowest BCUT2D eigenvalue weighted by Gasteiger charge is -2.05. The Morgan fingerprint density at radius 2 is 1.79 bits per heavy atom.